The molecule has 2 aromatic rings. The fourth-order valence-electron chi connectivity index (χ4n) is 1.90. The second-order valence-corrected chi connectivity index (χ2v) is 5.59. The van der Waals surface area contributed by atoms with Crippen LogP contribution in [0.4, 0.5) is 4.39 Å². The zero-order valence-electron chi connectivity index (χ0n) is 12.8. The number of hydrogen-bond acceptors (Lipinski definition) is 3. The summed E-state index contributed by atoms with van der Waals surface area (Å²) in [5.74, 6) is 2.47. The number of nitrogens with one attached hydrogen (secondary N) is 1. The highest BCUT2D eigenvalue weighted by atomic mass is 19.1. The number of aryl methyl sites for hydroxylation is 1. The quantitative estimate of drug-likeness (QED) is 0.835. The third kappa shape index (κ3) is 4.90. The Kier molecular flexibility index (Phi) is 5.39. The molecule has 0 aliphatic heterocycles. The van der Waals surface area contributed by atoms with E-state index in [1.165, 1.54) is 6.07 Å². The molecule has 1 N–H and O–H groups in total. The molecule has 3 nitrogen and oxygen atoms in total. The first kappa shape index (κ1) is 15.6. The zero-order valence-corrected chi connectivity index (χ0v) is 12.8. The molecule has 0 spiro atoms. The molecule has 0 saturated heterocycles. The van der Waals surface area contributed by atoms with Gasteiger partial charge in [0.15, 0.2) is 0 Å². The van der Waals surface area contributed by atoms with Gasteiger partial charge >= 0.3 is 0 Å². The van der Waals surface area contributed by atoms with Gasteiger partial charge in [0.1, 0.15) is 29.7 Å². The van der Waals surface area contributed by atoms with Gasteiger partial charge in [-0.15, -0.1) is 0 Å². The van der Waals surface area contributed by atoms with Crippen LogP contribution < -0.4 is 10.1 Å². The van der Waals surface area contributed by atoms with Crippen molar-refractivity contribution in [1.29, 1.82) is 0 Å². The highest BCUT2D eigenvalue weighted by Gasteiger charge is 2.05. The molecule has 0 atom stereocenters. The van der Waals surface area contributed by atoms with Gasteiger partial charge in [0.05, 0.1) is 6.54 Å². The van der Waals surface area contributed by atoms with Gasteiger partial charge in [-0.25, -0.2) is 4.39 Å². The smallest absolute Gasteiger partial charge is 0.146 e. The lowest BCUT2D eigenvalue weighted by atomic mass is 10.2. The van der Waals surface area contributed by atoms with Crippen LogP contribution in [0, 0.1) is 18.7 Å². The Labute approximate surface area is 125 Å². The average molecular weight is 291 g/mol. The molecule has 0 radical (unpaired) electrons. The lowest BCUT2D eigenvalue weighted by molar-refractivity contribution is 0.263. The monoisotopic (exact) mass is 291 g/mol. The summed E-state index contributed by atoms with van der Waals surface area (Å²) in [6.45, 7) is 8.01. The van der Waals surface area contributed by atoms with Gasteiger partial charge in [0.25, 0.3) is 0 Å². The van der Waals surface area contributed by atoms with Gasteiger partial charge in [-0.2, -0.15) is 0 Å². The fourth-order valence-corrected chi connectivity index (χ4v) is 1.90. The van der Waals surface area contributed by atoms with Gasteiger partial charge < -0.3 is 14.5 Å². The van der Waals surface area contributed by atoms with E-state index in [-0.39, 0.29) is 5.82 Å². The number of benzene rings is 1. The first-order valence-corrected chi connectivity index (χ1v) is 7.22. The Morgan fingerprint density at radius 2 is 1.95 bits per heavy atom. The van der Waals surface area contributed by atoms with Crippen molar-refractivity contribution >= 4 is 0 Å². The van der Waals surface area contributed by atoms with E-state index in [4.69, 9.17) is 9.15 Å². The minimum absolute atomic E-state index is 0.259. The van der Waals surface area contributed by atoms with Gasteiger partial charge in [0, 0.05) is 6.07 Å². The molecule has 21 heavy (non-hydrogen) atoms. The van der Waals surface area contributed by atoms with E-state index in [1.807, 2.05) is 12.1 Å². The van der Waals surface area contributed by atoms with Gasteiger partial charge in [-0.1, -0.05) is 19.9 Å². The van der Waals surface area contributed by atoms with Crippen molar-refractivity contribution in [2.45, 2.75) is 33.9 Å². The molecule has 0 bridgehead atoms. The van der Waals surface area contributed by atoms with E-state index in [1.54, 1.807) is 19.1 Å². The molecule has 1 heterocycles. The molecule has 1 aromatic heterocycles. The van der Waals surface area contributed by atoms with Crippen LogP contribution >= 0.6 is 0 Å². The van der Waals surface area contributed by atoms with Crippen molar-refractivity contribution in [2.75, 3.05) is 6.54 Å². The number of ether oxygens (including phenoxy) is 1. The predicted octanol–water partition coefficient (Wildman–Crippen LogP) is 4.05. The van der Waals surface area contributed by atoms with Crippen LogP contribution in [0.25, 0.3) is 0 Å². The largest absolute Gasteiger partial charge is 0.486 e. The van der Waals surface area contributed by atoms with E-state index >= 15 is 0 Å². The Hall–Kier alpha value is -1.81. The number of hydrogen-bond donors (Lipinski definition) is 1. The molecule has 4 heteroatoms. The molecular formula is C17H22FNO2. The Morgan fingerprint density at radius 3 is 2.67 bits per heavy atom. The highest BCUT2D eigenvalue weighted by molar-refractivity contribution is 5.28. The summed E-state index contributed by atoms with van der Waals surface area (Å²) in [5.41, 5.74) is 0.610. The van der Waals surface area contributed by atoms with Crippen LogP contribution in [0.1, 0.15) is 30.9 Å². The SMILES string of the molecule is Cc1ccc(OCc2ccc(CNCC(C)C)o2)cc1F. The van der Waals surface area contributed by atoms with Gasteiger partial charge in [-0.05, 0) is 43.1 Å². The minimum atomic E-state index is -0.259. The summed E-state index contributed by atoms with van der Waals surface area (Å²) in [6.07, 6.45) is 0. The first-order chi connectivity index (χ1) is 10.0. The topological polar surface area (TPSA) is 34.4 Å². The molecule has 114 valence electrons. The molecule has 0 fully saturated rings. The summed E-state index contributed by atoms with van der Waals surface area (Å²) in [7, 11) is 0. The average Bonchev–Trinajstić information content (AvgIpc) is 2.88. The van der Waals surface area contributed by atoms with Crippen molar-refractivity contribution in [3.8, 4) is 5.75 Å². The van der Waals surface area contributed by atoms with Crippen molar-refractivity contribution < 1.29 is 13.5 Å². The maximum Gasteiger partial charge on any atom is 0.146 e. The number of halogens is 1. The molecule has 2 rings (SSSR count). The molecular weight excluding hydrogens is 269 g/mol. The molecule has 0 aliphatic carbocycles. The van der Waals surface area contributed by atoms with Crippen LogP contribution in [0.3, 0.4) is 0 Å². The van der Waals surface area contributed by atoms with Crippen LogP contribution in [-0.4, -0.2) is 6.54 Å². The maximum atomic E-state index is 13.4. The molecule has 0 saturated carbocycles. The van der Waals surface area contributed by atoms with Crippen molar-refractivity contribution in [3.63, 3.8) is 0 Å². The Morgan fingerprint density at radius 1 is 1.19 bits per heavy atom. The van der Waals surface area contributed by atoms with Crippen LogP contribution in [0.5, 0.6) is 5.75 Å². The zero-order chi connectivity index (χ0) is 15.2. The summed E-state index contributed by atoms with van der Waals surface area (Å²) in [6, 6.07) is 8.67. The van der Waals surface area contributed by atoms with Gasteiger partial charge in [0.2, 0.25) is 0 Å². The standard InChI is InChI=1S/C17H22FNO2/c1-12(2)9-19-10-15-6-7-16(21-15)11-20-14-5-4-13(3)17(18)8-14/h4-8,12,19H,9-11H2,1-3H3. The molecule has 0 amide bonds. The van der Waals surface area contributed by atoms with E-state index in [0.29, 0.717) is 30.4 Å². The molecule has 1 aromatic carbocycles. The normalized spacial score (nSPS) is 11.1. The summed E-state index contributed by atoms with van der Waals surface area (Å²) < 4.78 is 24.6. The van der Waals surface area contributed by atoms with Crippen molar-refractivity contribution in [2.24, 2.45) is 5.92 Å². The van der Waals surface area contributed by atoms with Crippen molar-refractivity contribution in [3.05, 3.63) is 53.2 Å². The predicted molar refractivity (Wildman–Crippen MR) is 80.7 cm³/mol. The summed E-state index contributed by atoms with van der Waals surface area (Å²) in [4.78, 5) is 0. The Bertz CT molecular complexity index is 578. The third-order valence-electron chi connectivity index (χ3n) is 3.09. The van der Waals surface area contributed by atoms with E-state index in [0.717, 1.165) is 18.1 Å². The summed E-state index contributed by atoms with van der Waals surface area (Å²) in [5, 5.41) is 3.32. The van der Waals surface area contributed by atoms with Crippen LogP contribution in [0.2, 0.25) is 0 Å². The number of furan rings is 1. The Balaban J connectivity index is 1.83. The van der Waals surface area contributed by atoms with Gasteiger partial charge in [-0.3, -0.25) is 0 Å². The minimum Gasteiger partial charge on any atom is -0.486 e. The lowest BCUT2D eigenvalue weighted by Gasteiger charge is -2.06. The molecule has 0 unspecified atom stereocenters. The number of rotatable bonds is 7. The van der Waals surface area contributed by atoms with E-state index in [2.05, 4.69) is 19.2 Å². The third-order valence-corrected chi connectivity index (χ3v) is 3.09. The maximum absolute atomic E-state index is 13.4. The van der Waals surface area contributed by atoms with E-state index in [9.17, 15) is 4.39 Å². The fraction of sp³-hybridized carbons (Fsp3) is 0.412. The first-order valence-electron chi connectivity index (χ1n) is 7.22. The van der Waals surface area contributed by atoms with Crippen LogP contribution in [0.15, 0.2) is 34.7 Å². The highest BCUT2D eigenvalue weighted by Crippen LogP contribution is 2.18. The second-order valence-electron chi connectivity index (χ2n) is 5.59. The van der Waals surface area contributed by atoms with Crippen molar-refractivity contribution in [1.82, 2.24) is 5.32 Å². The summed E-state index contributed by atoms with van der Waals surface area (Å²) >= 11 is 0. The van der Waals surface area contributed by atoms with Crippen LogP contribution in [-0.2, 0) is 13.2 Å². The molecule has 0 aliphatic rings. The second kappa shape index (κ2) is 7.27. The lowest BCUT2D eigenvalue weighted by Crippen LogP contribution is -2.18. The van der Waals surface area contributed by atoms with E-state index < -0.39 is 0 Å².